The number of carbonyl (C=O) groups excluding carboxylic acids is 4. The molecule has 1 heterocycles. The molecule has 68 heavy (non-hydrogen) atoms. The average Bonchev–Trinajstić information content (AvgIpc) is 3.52. The number of hydrogen-bond acceptors (Lipinski definition) is 10. The number of nitrogens with zero attached hydrogens (tertiary/aromatic N) is 3. The van der Waals surface area contributed by atoms with Crippen LogP contribution in [0.2, 0.25) is 5.02 Å². The number of carboxylic acids is 1. The minimum absolute atomic E-state index is 0.0233. The van der Waals surface area contributed by atoms with Crippen LogP contribution >= 0.6 is 54.0 Å². The first-order valence-electron chi connectivity index (χ1n) is 20.9. The molecule has 1 aliphatic heterocycles. The maximum Gasteiger partial charge on any atom is 0.317 e. The highest BCUT2D eigenvalue weighted by molar-refractivity contribution is 7.94. The number of imide groups is 1. The maximum absolute atomic E-state index is 14.4. The summed E-state index contributed by atoms with van der Waals surface area (Å²) < 4.78 is 35.1. The topological polar surface area (TPSA) is 206 Å². The van der Waals surface area contributed by atoms with Gasteiger partial charge in [0.05, 0.1) is 48.0 Å². The number of benzene rings is 2. The molecule has 0 fully saturated rings. The number of hydrogen-bond donors (Lipinski definition) is 3. The van der Waals surface area contributed by atoms with Crippen LogP contribution < -0.4 is 24.7 Å². The van der Waals surface area contributed by atoms with E-state index in [1.54, 1.807) is 24.0 Å². The number of carboxylic acid groups (broad SMARTS) is 1. The van der Waals surface area contributed by atoms with E-state index >= 15 is 0 Å². The summed E-state index contributed by atoms with van der Waals surface area (Å²) in [4.78, 5) is 79.0. The van der Waals surface area contributed by atoms with Gasteiger partial charge in [-0.3, -0.25) is 34.2 Å². The molecule has 0 saturated carbocycles. The van der Waals surface area contributed by atoms with Gasteiger partial charge in [-0.15, -0.1) is 31.2 Å². The molecule has 0 spiro atoms. The maximum atomic E-state index is 14.4. The Morgan fingerprint density at radius 1 is 1.09 bits per heavy atom. The summed E-state index contributed by atoms with van der Waals surface area (Å²) in [6.45, 7) is 15.8. The molecular formula is C46H62Cl4FN4O11PS. The predicted octanol–water partition coefficient (Wildman–Crippen LogP) is 7.40. The Morgan fingerprint density at radius 3 is 2.06 bits per heavy atom. The number of aryl methyl sites for hydroxylation is 2. The van der Waals surface area contributed by atoms with Crippen LogP contribution in [0.3, 0.4) is 0 Å². The lowest BCUT2D eigenvalue weighted by Gasteiger charge is -2.25. The second-order valence-corrected chi connectivity index (χ2v) is 20.6. The van der Waals surface area contributed by atoms with Crippen LogP contribution in [0.25, 0.3) is 0 Å². The molecule has 378 valence electrons. The van der Waals surface area contributed by atoms with E-state index in [0.717, 1.165) is 47.0 Å². The largest absolute Gasteiger partial charge is 0.778 e. The van der Waals surface area contributed by atoms with Gasteiger partial charge in [0.15, 0.2) is 10.9 Å². The third-order valence-corrected chi connectivity index (χ3v) is 10.3. The highest BCUT2D eigenvalue weighted by Crippen LogP contribution is 2.40. The summed E-state index contributed by atoms with van der Waals surface area (Å²) in [5.74, 6) is -0.854. The monoisotopic (exact) mass is 1070 g/mol. The van der Waals surface area contributed by atoms with Crippen LogP contribution in [0.4, 0.5) is 15.8 Å². The summed E-state index contributed by atoms with van der Waals surface area (Å²) in [5, 5.41) is 10.00. The molecule has 2 unspecified atom stereocenters. The standard InChI is InChI=1S/C18H15ClFNO3.C14H20ClNO2.C8H11Cl2NO.C3H8NO5P.C3H9S/c1-3-10(2)24-16-9-15(14(20)8-13(16)19)21-17(22)11-6-4-5-7-12(11)18(21)23;1-4-12-8-6-7-11(3)14(12)16(10-18-5-2)13(17)9-15;1-3-5-11(6-4-2)8(12)7(9)10;5-3(6)1-4-2-10(7,8)9;1-4(2)3/h1,8-10H,4-7H2,2H3;6-8H,4-5,9-10H2,1-3H3;3-4,7H,1-2,5-6H2;4H,1-2H2,(H,5,6)(H2,7,8,9);1-3H3/q;;;;+1/p-1. The molecule has 22 heteroatoms. The zero-order valence-electron chi connectivity index (χ0n) is 39.3. The Labute approximate surface area is 422 Å². The number of alkyl halides is 3. The molecule has 4 amide bonds. The van der Waals surface area contributed by atoms with Crippen LogP contribution in [0, 0.1) is 25.1 Å². The lowest BCUT2D eigenvalue weighted by atomic mass is 9.93. The normalized spacial score (nSPS) is 13.9. The Hall–Kier alpha value is -3.92. The van der Waals surface area contributed by atoms with Crippen molar-refractivity contribution in [2.45, 2.75) is 70.7 Å². The van der Waals surface area contributed by atoms with Gasteiger partial charge in [-0.05, 0) is 81.0 Å². The zero-order chi connectivity index (χ0) is 52.3. The Bertz CT molecular complexity index is 2110. The molecule has 2 aromatic rings. The van der Waals surface area contributed by atoms with E-state index in [1.165, 1.54) is 11.0 Å². The van der Waals surface area contributed by atoms with Crippen molar-refractivity contribution in [2.75, 3.05) is 73.7 Å². The van der Waals surface area contributed by atoms with E-state index in [-0.39, 0.29) is 40.9 Å². The van der Waals surface area contributed by atoms with Gasteiger partial charge in [0, 0.05) is 36.9 Å². The molecule has 2 atom stereocenters. The number of amides is 4. The number of halogens is 5. The number of ether oxygens (including phenoxy) is 2. The fourth-order valence-corrected chi connectivity index (χ4v) is 6.89. The summed E-state index contributed by atoms with van der Waals surface area (Å²) in [6, 6.07) is 8.30. The van der Waals surface area contributed by atoms with Gasteiger partial charge >= 0.3 is 5.97 Å². The van der Waals surface area contributed by atoms with Crippen molar-refractivity contribution >= 4 is 106 Å². The Balaban J connectivity index is 0.000000904. The summed E-state index contributed by atoms with van der Waals surface area (Å²) >= 11 is 22.4. The molecular weight excluding hydrogens is 1010 g/mol. The summed E-state index contributed by atoms with van der Waals surface area (Å²) in [6.07, 6.45) is 17.4. The smallest absolute Gasteiger partial charge is 0.317 e. The Kier molecular flexibility index (Phi) is 31.6. The first-order valence-corrected chi connectivity index (χ1v) is 26.9. The number of carbonyl (C=O) groups is 5. The van der Waals surface area contributed by atoms with E-state index in [4.69, 9.17) is 72.3 Å². The zero-order valence-corrected chi connectivity index (χ0v) is 44.1. The summed E-state index contributed by atoms with van der Waals surface area (Å²) in [7, 11) is -3.71. The lowest BCUT2D eigenvalue weighted by molar-refractivity contribution is -0.193. The van der Waals surface area contributed by atoms with Gasteiger partial charge in [0.25, 0.3) is 17.7 Å². The van der Waals surface area contributed by atoms with Crippen molar-refractivity contribution in [2.24, 2.45) is 0 Å². The molecule has 15 nitrogen and oxygen atoms in total. The molecule has 0 bridgehead atoms. The number of anilines is 2. The third kappa shape index (κ3) is 23.1. The first-order chi connectivity index (χ1) is 31.9. The van der Waals surface area contributed by atoms with Crippen LogP contribution in [-0.2, 0) is 50.6 Å². The molecule has 0 radical (unpaired) electrons. The van der Waals surface area contributed by atoms with Crippen LogP contribution in [0.5, 0.6) is 5.75 Å². The fraction of sp³-hybridized carbons (Fsp3) is 0.457. The van der Waals surface area contributed by atoms with Crippen molar-refractivity contribution in [1.29, 1.82) is 0 Å². The van der Waals surface area contributed by atoms with E-state index in [2.05, 4.69) is 44.8 Å². The van der Waals surface area contributed by atoms with Crippen molar-refractivity contribution in [3.8, 4) is 18.1 Å². The predicted molar refractivity (Wildman–Crippen MR) is 272 cm³/mol. The number of nitrogens with one attached hydrogen (secondary N) is 1. The second-order valence-electron chi connectivity index (χ2n) is 14.7. The van der Waals surface area contributed by atoms with Gasteiger partial charge < -0.3 is 33.8 Å². The molecule has 0 aromatic heterocycles. The van der Waals surface area contributed by atoms with Crippen molar-refractivity contribution in [1.82, 2.24) is 10.2 Å². The number of aliphatic carboxylic acids is 1. The van der Waals surface area contributed by atoms with E-state index in [1.807, 2.05) is 37.4 Å². The van der Waals surface area contributed by atoms with E-state index < -0.39 is 55.0 Å². The minimum atomic E-state index is -4.35. The average molecular weight is 1070 g/mol. The second kappa shape index (κ2) is 33.6. The Morgan fingerprint density at radius 2 is 1.63 bits per heavy atom. The van der Waals surface area contributed by atoms with Gasteiger partial charge in [-0.25, -0.2) is 9.29 Å². The first kappa shape index (κ1) is 64.1. The number of rotatable bonds is 18. The van der Waals surface area contributed by atoms with Gasteiger partial charge in [-0.1, -0.05) is 78.0 Å². The highest BCUT2D eigenvalue weighted by atomic mass is 35.5. The van der Waals surface area contributed by atoms with Crippen molar-refractivity contribution < 1.29 is 57.3 Å². The van der Waals surface area contributed by atoms with E-state index in [0.29, 0.717) is 54.6 Å². The molecule has 4 rings (SSSR count). The minimum Gasteiger partial charge on any atom is -0.778 e. The van der Waals surface area contributed by atoms with Crippen LogP contribution in [0.15, 0.2) is 66.8 Å². The molecule has 1 aliphatic carbocycles. The lowest BCUT2D eigenvalue weighted by Crippen LogP contribution is -2.35. The molecule has 3 N–H and O–H groups in total. The van der Waals surface area contributed by atoms with Gasteiger partial charge in [0.2, 0.25) is 5.91 Å². The number of terminal acetylenes is 1. The van der Waals surface area contributed by atoms with Crippen LogP contribution in [-0.4, -0.2) is 119 Å². The van der Waals surface area contributed by atoms with Gasteiger partial charge in [-0.2, -0.15) is 0 Å². The molecule has 0 saturated heterocycles. The SMILES string of the molecule is C#CC(C)Oc1cc(N2C(=O)C3=C(CCCC3)C2=O)c(F)cc1Cl.C=CCN(CC=C)C(=O)C(Cl)Cl.CCOCN(C(=O)CCl)c1c(C)cccc1CC.C[S+](C)C.O=C(O)CNCP(=O)([O-])O. The fourth-order valence-electron chi connectivity index (χ4n) is 5.88. The van der Waals surface area contributed by atoms with E-state index in [9.17, 15) is 37.8 Å². The third-order valence-electron chi connectivity index (χ3n) is 8.77. The van der Waals surface area contributed by atoms with Crippen molar-refractivity contribution in [3.05, 3.63) is 88.8 Å². The quantitative estimate of drug-likeness (QED) is 0.0254. The van der Waals surface area contributed by atoms with Gasteiger partial charge in [0.1, 0.15) is 31.8 Å². The number of para-hydroxylation sites is 1. The highest BCUT2D eigenvalue weighted by Gasteiger charge is 2.41. The summed E-state index contributed by atoms with van der Waals surface area (Å²) in [5.41, 5.74) is 3.93. The van der Waals surface area contributed by atoms with Crippen molar-refractivity contribution in [3.63, 3.8) is 0 Å². The molecule has 2 aliphatic rings. The van der Waals surface area contributed by atoms with Crippen LogP contribution in [0.1, 0.15) is 57.6 Å². The molecule has 2 aromatic carbocycles.